The molecule has 27 heavy (non-hydrogen) atoms. The summed E-state index contributed by atoms with van der Waals surface area (Å²) in [4.78, 5) is 17.5. The molecule has 1 aliphatic carbocycles. The number of piperidine rings is 1. The highest BCUT2D eigenvalue weighted by atomic mass is 16.5. The number of hydrogen-bond acceptors (Lipinski definition) is 4. The highest BCUT2D eigenvalue weighted by Gasteiger charge is 2.68. The van der Waals surface area contributed by atoms with Crippen molar-refractivity contribution in [3.8, 4) is 11.5 Å². The summed E-state index contributed by atoms with van der Waals surface area (Å²) in [6.07, 6.45) is 7.10. The van der Waals surface area contributed by atoms with Gasteiger partial charge in [-0.1, -0.05) is 13.0 Å². The molecule has 5 heteroatoms. The van der Waals surface area contributed by atoms with Crippen molar-refractivity contribution in [2.75, 3.05) is 25.1 Å². The van der Waals surface area contributed by atoms with Crippen molar-refractivity contribution in [3.05, 3.63) is 17.7 Å². The molecular formula is C22H30N2O3. The Bertz CT molecular complexity index is 809. The van der Waals surface area contributed by atoms with Gasteiger partial charge in [0, 0.05) is 24.4 Å². The third kappa shape index (κ3) is 1.91. The maximum absolute atomic E-state index is 12.8. The van der Waals surface area contributed by atoms with E-state index in [9.17, 15) is 9.90 Å². The van der Waals surface area contributed by atoms with Crippen molar-refractivity contribution in [2.24, 2.45) is 5.41 Å². The number of fused-ring (bicyclic) bond motifs is 1. The number of phenols is 1. The molecule has 146 valence electrons. The Labute approximate surface area is 161 Å². The Kier molecular flexibility index (Phi) is 3.62. The summed E-state index contributed by atoms with van der Waals surface area (Å²) < 4.78 is 5.61. The number of nitrogens with zero attached hydrogens (tertiary/aromatic N) is 2. The van der Waals surface area contributed by atoms with Crippen LogP contribution < -0.4 is 9.64 Å². The van der Waals surface area contributed by atoms with E-state index in [1.807, 2.05) is 4.90 Å². The summed E-state index contributed by atoms with van der Waals surface area (Å²) in [5.74, 6) is 0.640. The second kappa shape index (κ2) is 5.63. The summed E-state index contributed by atoms with van der Waals surface area (Å²) in [5.41, 5.74) is 2.37. The van der Waals surface area contributed by atoms with E-state index in [2.05, 4.69) is 17.9 Å². The largest absolute Gasteiger partial charge is 0.504 e. The molecule has 4 atom stereocenters. The van der Waals surface area contributed by atoms with Crippen molar-refractivity contribution in [1.82, 2.24) is 4.90 Å². The fourth-order valence-electron chi connectivity index (χ4n) is 7.44. The van der Waals surface area contributed by atoms with E-state index in [4.69, 9.17) is 4.74 Å². The summed E-state index contributed by atoms with van der Waals surface area (Å²) in [7, 11) is 1.59. The fraction of sp³-hybridized carbons (Fsp3) is 0.682. The molecular weight excluding hydrogens is 340 g/mol. The first-order chi connectivity index (χ1) is 13.0. The van der Waals surface area contributed by atoms with E-state index in [0.29, 0.717) is 17.2 Å². The number of amides is 1. The van der Waals surface area contributed by atoms with E-state index >= 15 is 0 Å². The van der Waals surface area contributed by atoms with Crippen LogP contribution in [0, 0.1) is 5.41 Å². The smallest absolute Gasteiger partial charge is 0.224 e. The lowest BCUT2D eigenvalue weighted by molar-refractivity contribution is -0.118. The van der Waals surface area contributed by atoms with Gasteiger partial charge < -0.3 is 14.7 Å². The fourth-order valence-corrected chi connectivity index (χ4v) is 7.44. The summed E-state index contributed by atoms with van der Waals surface area (Å²) in [6.45, 7) is 6.29. The van der Waals surface area contributed by atoms with Gasteiger partial charge in [-0.15, -0.1) is 0 Å². The Hall–Kier alpha value is -1.75. The molecule has 4 aliphatic rings. The van der Waals surface area contributed by atoms with Crippen molar-refractivity contribution in [1.29, 1.82) is 0 Å². The van der Waals surface area contributed by atoms with E-state index in [-0.39, 0.29) is 23.1 Å². The highest BCUT2D eigenvalue weighted by molar-refractivity contribution is 5.98. The van der Waals surface area contributed by atoms with Gasteiger partial charge in [-0.05, 0) is 68.7 Å². The van der Waals surface area contributed by atoms with Crippen LogP contribution in [0.3, 0.4) is 0 Å². The predicted molar refractivity (Wildman–Crippen MR) is 104 cm³/mol. The van der Waals surface area contributed by atoms with Crippen LogP contribution in [-0.4, -0.2) is 48.2 Å². The van der Waals surface area contributed by atoms with Gasteiger partial charge in [0.05, 0.1) is 12.8 Å². The number of methoxy groups -OCH3 is 1. The number of aromatic hydroxyl groups is 1. The van der Waals surface area contributed by atoms with Gasteiger partial charge >= 0.3 is 0 Å². The minimum absolute atomic E-state index is 0.0311. The number of ether oxygens (including phenoxy) is 1. The maximum Gasteiger partial charge on any atom is 0.224 e. The molecule has 0 radical (unpaired) electrons. The zero-order valence-corrected chi connectivity index (χ0v) is 16.6. The summed E-state index contributed by atoms with van der Waals surface area (Å²) >= 11 is 0. The first kappa shape index (κ1) is 17.4. The summed E-state index contributed by atoms with van der Waals surface area (Å²) in [6, 6.07) is 4.50. The predicted octanol–water partition coefficient (Wildman–Crippen LogP) is 3.43. The number of phenolic OH excluding ortho intramolecular Hbond substituents is 1. The number of carbonyl (C=O) groups is 1. The number of anilines is 1. The topological polar surface area (TPSA) is 53.0 Å². The minimum atomic E-state index is -0.0311. The van der Waals surface area contributed by atoms with Crippen LogP contribution in [0.15, 0.2) is 12.1 Å². The molecule has 0 aromatic heterocycles. The first-order valence-electron chi connectivity index (χ1n) is 10.4. The lowest BCUT2D eigenvalue weighted by Gasteiger charge is -2.58. The van der Waals surface area contributed by atoms with Crippen LogP contribution in [0.4, 0.5) is 5.69 Å². The molecule has 5 rings (SSSR count). The third-order valence-electron chi connectivity index (χ3n) is 8.29. The van der Waals surface area contributed by atoms with Gasteiger partial charge in [0.1, 0.15) is 0 Å². The Balaban J connectivity index is 1.79. The van der Waals surface area contributed by atoms with Gasteiger partial charge in [0.15, 0.2) is 11.5 Å². The Morgan fingerprint density at radius 3 is 2.81 bits per heavy atom. The molecule has 1 aromatic rings. The van der Waals surface area contributed by atoms with Gasteiger partial charge in [0.25, 0.3) is 0 Å². The van der Waals surface area contributed by atoms with E-state index < -0.39 is 0 Å². The molecule has 3 fully saturated rings. The molecule has 1 N–H and O–H groups in total. The Morgan fingerprint density at radius 1 is 1.30 bits per heavy atom. The van der Waals surface area contributed by atoms with Crippen LogP contribution in [0.25, 0.3) is 0 Å². The zero-order valence-electron chi connectivity index (χ0n) is 16.6. The van der Waals surface area contributed by atoms with Crippen LogP contribution >= 0.6 is 0 Å². The second-order valence-corrected chi connectivity index (χ2v) is 9.01. The van der Waals surface area contributed by atoms with E-state index in [0.717, 1.165) is 25.1 Å². The standard InChI is InChI=1S/C22H30N2O3/c1-4-21-9-5-12-23-13-11-22(20(21)23)15-6-7-16(26)19(27-3)18(15)24(14(2)25)17(22)8-10-21/h6-7,17,20,26H,4-5,8-13H2,1-3H3. The lowest BCUT2D eigenvalue weighted by Crippen LogP contribution is -2.65. The summed E-state index contributed by atoms with van der Waals surface area (Å²) in [5, 5.41) is 10.4. The monoisotopic (exact) mass is 370 g/mol. The van der Waals surface area contributed by atoms with Gasteiger partial charge in [-0.3, -0.25) is 9.69 Å². The van der Waals surface area contributed by atoms with Crippen LogP contribution in [0.2, 0.25) is 0 Å². The van der Waals surface area contributed by atoms with Gasteiger partial charge in [0.2, 0.25) is 5.91 Å². The average Bonchev–Trinajstić information content (AvgIpc) is 3.19. The maximum atomic E-state index is 12.8. The molecule has 1 spiro atoms. The Morgan fingerprint density at radius 2 is 2.11 bits per heavy atom. The second-order valence-electron chi connectivity index (χ2n) is 9.01. The molecule has 3 heterocycles. The van der Waals surface area contributed by atoms with Crippen molar-refractivity contribution in [3.63, 3.8) is 0 Å². The quantitative estimate of drug-likeness (QED) is 0.867. The highest BCUT2D eigenvalue weighted by Crippen LogP contribution is 2.67. The molecule has 0 bridgehead atoms. The third-order valence-corrected chi connectivity index (χ3v) is 8.29. The number of hydrogen-bond donors (Lipinski definition) is 1. The molecule has 3 aliphatic heterocycles. The molecule has 4 unspecified atom stereocenters. The van der Waals surface area contributed by atoms with Crippen molar-refractivity contribution < 1.29 is 14.6 Å². The lowest BCUT2D eigenvalue weighted by atomic mass is 9.52. The molecule has 1 amide bonds. The van der Waals surface area contributed by atoms with Crippen molar-refractivity contribution in [2.45, 2.75) is 69.9 Å². The number of benzene rings is 1. The van der Waals surface area contributed by atoms with E-state index in [1.54, 1.807) is 20.1 Å². The average molecular weight is 370 g/mol. The number of rotatable bonds is 2. The molecule has 1 saturated carbocycles. The van der Waals surface area contributed by atoms with Crippen LogP contribution in [0.1, 0.15) is 57.9 Å². The minimum Gasteiger partial charge on any atom is -0.504 e. The van der Waals surface area contributed by atoms with Crippen LogP contribution in [-0.2, 0) is 10.2 Å². The SMILES string of the molecule is CCC12CCCN3CCC4(c5ccc(O)c(OC)c5N(C(C)=O)C4CC1)C32. The normalized spacial score (nSPS) is 36.9. The van der Waals surface area contributed by atoms with Crippen molar-refractivity contribution >= 4 is 11.6 Å². The van der Waals surface area contributed by atoms with Crippen LogP contribution in [0.5, 0.6) is 11.5 Å². The molecule has 1 aromatic carbocycles. The van der Waals surface area contributed by atoms with Gasteiger partial charge in [-0.25, -0.2) is 0 Å². The zero-order chi connectivity index (χ0) is 19.0. The number of carbonyl (C=O) groups excluding carboxylic acids is 1. The van der Waals surface area contributed by atoms with E-state index in [1.165, 1.54) is 37.8 Å². The molecule has 2 saturated heterocycles. The molecule has 5 nitrogen and oxygen atoms in total. The van der Waals surface area contributed by atoms with Gasteiger partial charge in [-0.2, -0.15) is 0 Å². The first-order valence-corrected chi connectivity index (χ1v) is 10.4.